The molecule has 0 bridgehead atoms. The van der Waals surface area contributed by atoms with E-state index in [1.54, 1.807) is 0 Å². The Bertz CT molecular complexity index is 384. The van der Waals surface area contributed by atoms with E-state index in [-0.39, 0.29) is 5.60 Å². The number of ether oxygens (including phenoxy) is 1. The number of nitrogens with zero attached hydrogens (tertiary/aromatic N) is 1. The molecule has 1 aliphatic rings. The number of methoxy groups -OCH3 is 1. The minimum Gasteiger partial charge on any atom is -0.377 e. The summed E-state index contributed by atoms with van der Waals surface area (Å²) in [5.41, 5.74) is 1.14. The average Bonchev–Trinajstić information content (AvgIpc) is 2.37. The van der Waals surface area contributed by atoms with Crippen LogP contribution in [0, 0.1) is 0 Å². The van der Waals surface area contributed by atoms with Gasteiger partial charge in [0.15, 0.2) is 0 Å². The summed E-state index contributed by atoms with van der Waals surface area (Å²) in [6.45, 7) is 3.23. The molecule has 0 radical (unpaired) electrons. The fourth-order valence-electron chi connectivity index (χ4n) is 2.72. The third-order valence-corrected chi connectivity index (χ3v) is 4.55. The first kappa shape index (κ1) is 14.9. The summed E-state index contributed by atoms with van der Waals surface area (Å²) in [7, 11) is 1.84. The summed E-state index contributed by atoms with van der Waals surface area (Å²) >= 11 is 3.43. The maximum atomic E-state index is 5.83. The number of aromatic nitrogens is 1. The van der Waals surface area contributed by atoms with Crippen LogP contribution in [0.15, 0.2) is 22.8 Å². The molecule has 1 fully saturated rings. The van der Waals surface area contributed by atoms with Crippen molar-refractivity contribution in [1.82, 2.24) is 10.3 Å². The Balaban J connectivity index is 2.06. The van der Waals surface area contributed by atoms with Gasteiger partial charge >= 0.3 is 0 Å². The Hall–Kier alpha value is -0.450. The van der Waals surface area contributed by atoms with Crippen molar-refractivity contribution in [2.24, 2.45) is 0 Å². The van der Waals surface area contributed by atoms with Crippen LogP contribution in [0.4, 0.5) is 0 Å². The molecule has 19 heavy (non-hydrogen) atoms. The molecule has 0 amide bonds. The first-order valence-electron chi connectivity index (χ1n) is 7.09. The summed E-state index contributed by atoms with van der Waals surface area (Å²) in [5.74, 6) is 0. The molecule has 0 saturated heterocycles. The minimum atomic E-state index is 0.0178. The van der Waals surface area contributed by atoms with Crippen molar-refractivity contribution in [3.63, 3.8) is 0 Å². The summed E-state index contributed by atoms with van der Waals surface area (Å²) in [5, 5.41) is 3.65. The van der Waals surface area contributed by atoms with Crippen LogP contribution in [0.25, 0.3) is 0 Å². The van der Waals surface area contributed by atoms with Gasteiger partial charge in [-0.3, -0.25) is 4.98 Å². The lowest BCUT2D eigenvalue weighted by Gasteiger charge is -2.47. The van der Waals surface area contributed by atoms with Crippen molar-refractivity contribution in [2.75, 3.05) is 13.7 Å². The minimum absolute atomic E-state index is 0.0178. The molecule has 1 atom stereocenters. The highest BCUT2D eigenvalue weighted by Gasteiger charge is 2.44. The van der Waals surface area contributed by atoms with Gasteiger partial charge in [0.2, 0.25) is 0 Å². The zero-order chi connectivity index (χ0) is 13.7. The van der Waals surface area contributed by atoms with Crippen molar-refractivity contribution < 1.29 is 4.74 Å². The molecule has 0 spiro atoms. The van der Waals surface area contributed by atoms with Crippen molar-refractivity contribution in [3.8, 4) is 0 Å². The fraction of sp³-hybridized carbons (Fsp3) is 0.667. The van der Waals surface area contributed by atoms with E-state index in [9.17, 15) is 0 Å². The molecular formula is C15H23BrN2O. The molecule has 106 valence electrons. The van der Waals surface area contributed by atoms with Gasteiger partial charge in [0, 0.05) is 35.9 Å². The van der Waals surface area contributed by atoms with Gasteiger partial charge in [-0.05, 0) is 60.3 Å². The normalized spacial score (nSPS) is 18.9. The molecule has 1 unspecified atom stereocenters. The first-order valence-corrected chi connectivity index (χ1v) is 7.88. The van der Waals surface area contributed by atoms with Crippen LogP contribution < -0.4 is 5.32 Å². The van der Waals surface area contributed by atoms with Gasteiger partial charge in [0.05, 0.1) is 5.60 Å². The Morgan fingerprint density at radius 2 is 2.26 bits per heavy atom. The topological polar surface area (TPSA) is 34.2 Å². The summed E-state index contributed by atoms with van der Waals surface area (Å²) < 4.78 is 6.86. The summed E-state index contributed by atoms with van der Waals surface area (Å²) in [4.78, 5) is 4.49. The highest BCUT2D eigenvalue weighted by atomic mass is 79.9. The van der Waals surface area contributed by atoms with E-state index < -0.39 is 0 Å². The molecule has 2 rings (SSSR count). The number of hydrogen-bond donors (Lipinski definition) is 1. The zero-order valence-electron chi connectivity index (χ0n) is 11.8. The number of hydrogen-bond acceptors (Lipinski definition) is 3. The first-order chi connectivity index (χ1) is 9.20. The van der Waals surface area contributed by atoms with Crippen LogP contribution >= 0.6 is 15.9 Å². The van der Waals surface area contributed by atoms with E-state index in [2.05, 4.69) is 45.3 Å². The molecule has 1 saturated carbocycles. The maximum Gasteiger partial charge on any atom is 0.0834 e. The fourth-order valence-corrected chi connectivity index (χ4v) is 2.95. The SMILES string of the molecule is CCCNC(Cc1ccc(Br)cn1)C1(OC)CCC1. The van der Waals surface area contributed by atoms with E-state index in [1.165, 1.54) is 6.42 Å². The lowest BCUT2D eigenvalue weighted by Crippen LogP contribution is -2.57. The van der Waals surface area contributed by atoms with Crippen molar-refractivity contribution >= 4 is 15.9 Å². The third kappa shape index (κ3) is 3.56. The van der Waals surface area contributed by atoms with Crippen LogP contribution in [0.1, 0.15) is 38.3 Å². The van der Waals surface area contributed by atoms with Gasteiger partial charge in [0.1, 0.15) is 0 Å². The number of pyridine rings is 1. The van der Waals surface area contributed by atoms with Crippen LogP contribution in [0.5, 0.6) is 0 Å². The standard InChI is InChI=1S/C15H23BrN2O/c1-3-9-17-14(15(19-2)7-4-8-15)10-13-6-5-12(16)11-18-13/h5-6,11,14,17H,3-4,7-10H2,1-2H3. The number of rotatable bonds is 7. The van der Waals surface area contributed by atoms with E-state index in [1.807, 2.05) is 13.3 Å². The van der Waals surface area contributed by atoms with Crippen LogP contribution in [-0.2, 0) is 11.2 Å². The zero-order valence-corrected chi connectivity index (χ0v) is 13.4. The second-order valence-electron chi connectivity index (χ2n) is 5.30. The highest BCUT2D eigenvalue weighted by Crippen LogP contribution is 2.39. The molecule has 1 aromatic heterocycles. The van der Waals surface area contributed by atoms with E-state index in [0.717, 1.165) is 42.4 Å². The second-order valence-corrected chi connectivity index (χ2v) is 6.22. The average molecular weight is 327 g/mol. The van der Waals surface area contributed by atoms with Gasteiger partial charge in [-0.1, -0.05) is 6.92 Å². The number of halogens is 1. The van der Waals surface area contributed by atoms with Crippen LogP contribution in [-0.4, -0.2) is 30.3 Å². The predicted octanol–water partition coefficient (Wildman–Crippen LogP) is 3.32. The Morgan fingerprint density at radius 3 is 2.74 bits per heavy atom. The summed E-state index contributed by atoms with van der Waals surface area (Å²) in [6.07, 6.45) is 7.52. The molecule has 1 aromatic rings. The second kappa shape index (κ2) is 6.82. The maximum absolute atomic E-state index is 5.83. The molecule has 4 heteroatoms. The molecule has 3 nitrogen and oxygen atoms in total. The largest absolute Gasteiger partial charge is 0.377 e. The number of nitrogens with one attached hydrogen (secondary N) is 1. The Kier molecular flexibility index (Phi) is 5.37. The van der Waals surface area contributed by atoms with Gasteiger partial charge in [-0.2, -0.15) is 0 Å². The van der Waals surface area contributed by atoms with Gasteiger partial charge in [-0.15, -0.1) is 0 Å². The Labute approximate surface area is 124 Å². The third-order valence-electron chi connectivity index (χ3n) is 4.08. The van der Waals surface area contributed by atoms with Crippen molar-refractivity contribution in [2.45, 2.75) is 50.7 Å². The molecule has 0 aromatic carbocycles. The molecular weight excluding hydrogens is 304 g/mol. The van der Waals surface area contributed by atoms with Gasteiger partial charge in [0.25, 0.3) is 0 Å². The lowest BCUT2D eigenvalue weighted by molar-refractivity contribution is -0.0982. The molecule has 0 aliphatic heterocycles. The van der Waals surface area contributed by atoms with E-state index in [4.69, 9.17) is 4.74 Å². The van der Waals surface area contributed by atoms with E-state index >= 15 is 0 Å². The summed E-state index contributed by atoms with van der Waals surface area (Å²) in [6, 6.07) is 4.51. The molecule has 1 aliphatic carbocycles. The van der Waals surface area contributed by atoms with Crippen LogP contribution in [0.3, 0.4) is 0 Å². The van der Waals surface area contributed by atoms with Crippen molar-refractivity contribution in [1.29, 1.82) is 0 Å². The van der Waals surface area contributed by atoms with Crippen molar-refractivity contribution in [3.05, 3.63) is 28.5 Å². The quantitative estimate of drug-likeness (QED) is 0.834. The van der Waals surface area contributed by atoms with Crippen LogP contribution in [0.2, 0.25) is 0 Å². The van der Waals surface area contributed by atoms with Gasteiger partial charge < -0.3 is 10.1 Å². The Morgan fingerprint density at radius 1 is 1.47 bits per heavy atom. The lowest BCUT2D eigenvalue weighted by atomic mass is 9.73. The van der Waals surface area contributed by atoms with Gasteiger partial charge in [-0.25, -0.2) is 0 Å². The smallest absolute Gasteiger partial charge is 0.0834 e. The van der Waals surface area contributed by atoms with E-state index in [0.29, 0.717) is 6.04 Å². The predicted molar refractivity (Wildman–Crippen MR) is 81.3 cm³/mol. The highest BCUT2D eigenvalue weighted by molar-refractivity contribution is 9.10. The molecule has 1 N–H and O–H groups in total. The molecule has 1 heterocycles. The monoisotopic (exact) mass is 326 g/mol.